The van der Waals surface area contributed by atoms with Crippen LogP contribution in [0, 0.1) is 0 Å². The highest BCUT2D eigenvalue weighted by molar-refractivity contribution is 6.09. The van der Waals surface area contributed by atoms with Gasteiger partial charge in [0, 0.05) is 6.07 Å². The van der Waals surface area contributed by atoms with Crippen LogP contribution in [0.2, 0.25) is 0 Å². The van der Waals surface area contributed by atoms with Crippen LogP contribution in [0.4, 0.5) is 0 Å². The first-order valence-corrected chi connectivity index (χ1v) is 5.73. The van der Waals surface area contributed by atoms with Crippen molar-refractivity contribution < 1.29 is 14.0 Å². The predicted molar refractivity (Wildman–Crippen MR) is 64.3 cm³/mol. The lowest BCUT2D eigenvalue weighted by atomic mass is 9.98. The third-order valence-electron chi connectivity index (χ3n) is 2.77. The fourth-order valence-corrected chi connectivity index (χ4v) is 2.01. The molecule has 2 heterocycles. The van der Waals surface area contributed by atoms with Gasteiger partial charge in [-0.25, -0.2) is 4.79 Å². The van der Waals surface area contributed by atoms with Crippen molar-refractivity contribution >= 4 is 11.8 Å². The number of hydrogen-bond acceptors (Lipinski definition) is 4. The van der Waals surface area contributed by atoms with Crippen LogP contribution >= 0.6 is 0 Å². The molecule has 0 atom stereocenters. The van der Waals surface area contributed by atoms with Crippen molar-refractivity contribution in [2.45, 2.75) is 25.7 Å². The summed E-state index contributed by atoms with van der Waals surface area (Å²) in [6, 6.07) is 1.32. The Hall–Kier alpha value is -2.17. The van der Waals surface area contributed by atoms with Crippen LogP contribution in [0.15, 0.2) is 27.9 Å². The maximum Gasteiger partial charge on any atom is 0.336 e. The Balaban J connectivity index is 2.40. The van der Waals surface area contributed by atoms with Crippen molar-refractivity contribution in [1.29, 1.82) is 0 Å². The Labute approximate surface area is 103 Å². The summed E-state index contributed by atoms with van der Waals surface area (Å²) in [7, 11) is 0. The smallest absolute Gasteiger partial charge is 0.336 e. The standard InChI is InChI=1S/C13H13NO4/c1-2-3-4-5-8-6-11(16)18-9-7-10(15)14-13(17)12(8)9/h2,6H,1,3-5,7H2,(H,14,15,17). The monoisotopic (exact) mass is 247 g/mol. The fraction of sp³-hybridized carbons (Fsp3) is 0.308. The van der Waals surface area contributed by atoms with E-state index in [1.807, 2.05) is 0 Å². The normalized spacial score (nSPS) is 14.0. The molecule has 0 saturated heterocycles. The molecule has 94 valence electrons. The molecule has 1 aliphatic rings. The summed E-state index contributed by atoms with van der Waals surface area (Å²) >= 11 is 0. The summed E-state index contributed by atoms with van der Waals surface area (Å²) in [6.07, 6.45) is 3.89. The van der Waals surface area contributed by atoms with E-state index < -0.39 is 17.4 Å². The summed E-state index contributed by atoms with van der Waals surface area (Å²) in [4.78, 5) is 34.3. The number of carbonyl (C=O) groups excluding carboxylic acids is 2. The molecule has 2 amide bonds. The molecule has 0 radical (unpaired) electrons. The van der Waals surface area contributed by atoms with Gasteiger partial charge in [0.1, 0.15) is 5.76 Å². The highest BCUT2D eigenvalue weighted by Crippen LogP contribution is 2.19. The van der Waals surface area contributed by atoms with E-state index in [0.29, 0.717) is 17.5 Å². The van der Waals surface area contributed by atoms with Gasteiger partial charge in [-0.1, -0.05) is 6.08 Å². The Kier molecular flexibility index (Phi) is 3.41. The summed E-state index contributed by atoms with van der Waals surface area (Å²) in [6.45, 7) is 3.62. The van der Waals surface area contributed by atoms with Crippen LogP contribution in [-0.4, -0.2) is 11.8 Å². The molecule has 0 aliphatic carbocycles. The molecule has 0 spiro atoms. The van der Waals surface area contributed by atoms with Crippen molar-refractivity contribution in [2.75, 3.05) is 0 Å². The van der Waals surface area contributed by atoms with E-state index in [1.54, 1.807) is 6.08 Å². The number of carbonyl (C=O) groups is 2. The molecular formula is C13H13NO4. The first kappa shape index (κ1) is 12.3. The number of imide groups is 1. The highest BCUT2D eigenvalue weighted by Gasteiger charge is 2.27. The average Bonchev–Trinajstić information content (AvgIpc) is 2.27. The molecular weight excluding hydrogens is 234 g/mol. The number of fused-ring (bicyclic) bond motifs is 1. The van der Waals surface area contributed by atoms with E-state index in [9.17, 15) is 14.4 Å². The van der Waals surface area contributed by atoms with Gasteiger partial charge in [0.05, 0.1) is 12.0 Å². The van der Waals surface area contributed by atoms with Crippen LogP contribution in [-0.2, 0) is 17.6 Å². The number of aryl methyl sites for hydroxylation is 1. The highest BCUT2D eigenvalue weighted by atomic mass is 16.4. The van der Waals surface area contributed by atoms with Crippen molar-refractivity contribution in [3.05, 3.63) is 46.0 Å². The minimum Gasteiger partial charge on any atom is -0.426 e. The number of rotatable bonds is 4. The Morgan fingerprint density at radius 3 is 2.89 bits per heavy atom. The van der Waals surface area contributed by atoms with Crippen molar-refractivity contribution in [2.24, 2.45) is 0 Å². The Morgan fingerprint density at radius 2 is 2.17 bits per heavy atom. The Bertz CT molecular complexity index is 571. The zero-order chi connectivity index (χ0) is 13.1. The number of hydrogen-bond donors (Lipinski definition) is 1. The third-order valence-corrected chi connectivity index (χ3v) is 2.77. The lowest BCUT2D eigenvalue weighted by Crippen LogP contribution is -2.38. The lowest BCUT2D eigenvalue weighted by Gasteiger charge is -2.16. The zero-order valence-electron chi connectivity index (χ0n) is 9.82. The van der Waals surface area contributed by atoms with Gasteiger partial charge in [-0.3, -0.25) is 14.9 Å². The lowest BCUT2D eigenvalue weighted by molar-refractivity contribution is -0.120. The maximum absolute atomic E-state index is 11.7. The van der Waals surface area contributed by atoms with E-state index in [1.165, 1.54) is 6.07 Å². The molecule has 0 bridgehead atoms. The molecule has 1 N–H and O–H groups in total. The van der Waals surface area contributed by atoms with Crippen LogP contribution in [0.5, 0.6) is 0 Å². The van der Waals surface area contributed by atoms with E-state index in [2.05, 4.69) is 11.9 Å². The quantitative estimate of drug-likeness (QED) is 0.488. The second-order valence-electron chi connectivity index (χ2n) is 4.12. The SMILES string of the molecule is C=CCCCc1cc(=O)oc2c1C(=O)NC(=O)C2. The number of unbranched alkanes of at least 4 members (excludes halogenated alkanes) is 1. The van der Waals surface area contributed by atoms with Gasteiger partial charge in [-0.15, -0.1) is 6.58 Å². The second-order valence-corrected chi connectivity index (χ2v) is 4.12. The Morgan fingerprint density at radius 1 is 1.39 bits per heavy atom. The van der Waals surface area contributed by atoms with Gasteiger partial charge >= 0.3 is 5.63 Å². The third kappa shape index (κ3) is 2.40. The van der Waals surface area contributed by atoms with Gasteiger partial charge < -0.3 is 4.42 Å². The van der Waals surface area contributed by atoms with Gasteiger partial charge in [-0.05, 0) is 24.8 Å². The van der Waals surface area contributed by atoms with Gasteiger partial charge in [0.15, 0.2) is 0 Å². The largest absolute Gasteiger partial charge is 0.426 e. The van der Waals surface area contributed by atoms with E-state index in [-0.39, 0.29) is 12.2 Å². The van der Waals surface area contributed by atoms with Crippen molar-refractivity contribution in [1.82, 2.24) is 5.32 Å². The van der Waals surface area contributed by atoms with E-state index >= 15 is 0 Å². The van der Waals surface area contributed by atoms with E-state index in [0.717, 1.165) is 12.8 Å². The summed E-state index contributed by atoms with van der Waals surface area (Å²) < 4.78 is 4.93. The topological polar surface area (TPSA) is 76.4 Å². The zero-order valence-corrected chi connectivity index (χ0v) is 9.82. The minimum atomic E-state index is -0.523. The molecule has 1 aromatic heterocycles. The number of amides is 2. The van der Waals surface area contributed by atoms with E-state index in [4.69, 9.17) is 4.42 Å². The van der Waals surface area contributed by atoms with Crippen molar-refractivity contribution in [3.63, 3.8) is 0 Å². The van der Waals surface area contributed by atoms with Crippen LogP contribution in [0.3, 0.4) is 0 Å². The summed E-state index contributed by atoms with van der Waals surface area (Å²) in [5.41, 5.74) is 0.441. The molecule has 0 unspecified atom stereocenters. The van der Waals surface area contributed by atoms with Crippen LogP contribution < -0.4 is 10.9 Å². The summed E-state index contributed by atoms with van der Waals surface area (Å²) in [5.74, 6) is -0.762. The van der Waals surface area contributed by atoms with Crippen LogP contribution in [0.1, 0.15) is 34.5 Å². The molecule has 0 saturated carbocycles. The molecule has 1 aliphatic heterocycles. The molecule has 2 rings (SSSR count). The fourth-order valence-electron chi connectivity index (χ4n) is 2.01. The average molecular weight is 247 g/mol. The number of nitrogens with one attached hydrogen (secondary N) is 1. The predicted octanol–water partition coefficient (Wildman–Crippen LogP) is 0.961. The van der Waals surface area contributed by atoms with Gasteiger partial charge in [0.2, 0.25) is 5.91 Å². The summed E-state index contributed by atoms with van der Waals surface area (Å²) in [5, 5.41) is 2.23. The van der Waals surface area contributed by atoms with Crippen LogP contribution in [0.25, 0.3) is 0 Å². The molecule has 5 heteroatoms. The first-order valence-electron chi connectivity index (χ1n) is 5.73. The second kappa shape index (κ2) is 5.00. The molecule has 1 aromatic rings. The number of allylic oxidation sites excluding steroid dienone is 1. The minimum absolute atomic E-state index is 0.0639. The molecule has 0 aromatic carbocycles. The van der Waals surface area contributed by atoms with Gasteiger partial charge in [0.25, 0.3) is 5.91 Å². The molecule has 5 nitrogen and oxygen atoms in total. The van der Waals surface area contributed by atoms with Crippen molar-refractivity contribution in [3.8, 4) is 0 Å². The maximum atomic E-state index is 11.7. The molecule has 18 heavy (non-hydrogen) atoms. The first-order chi connectivity index (χ1) is 8.61. The van der Waals surface area contributed by atoms with Gasteiger partial charge in [-0.2, -0.15) is 0 Å². The molecule has 0 fully saturated rings.